The average molecular weight is 476 g/mol. The van der Waals surface area contributed by atoms with E-state index in [9.17, 15) is 4.79 Å². The molecule has 0 saturated carbocycles. The van der Waals surface area contributed by atoms with Gasteiger partial charge in [0.1, 0.15) is 0 Å². The lowest BCUT2D eigenvalue weighted by Gasteiger charge is -2.29. The Hall–Kier alpha value is 0.130. The van der Waals surface area contributed by atoms with E-state index in [1.807, 2.05) is 21.6 Å². The van der Waals surface area contributed by atoms with Crippen molar-refractivity contribution in [3.63, 3.8) is 0 Å². The highest BCUT2D eigenvalue weighted by atomic mass is 33.1. The van der Waals surface area contributed by atoms with Crippen LogP contribution < -0.4 is 5.32 Å². The Morgan fingerprint density at radius 3 is 1.68 bits per heavy atom. The van der Waals surface area contributed by atoms with E-state index in [-0.39, 0.29) is 5.91 Å². The molecule has 0 aliphatic carbocycles. The topological polar surface area (TPSA) is 29.1 Å². The van der Waals surface area contributed by atoms with Gasteiger partial charge in [0.2, 0.25) is 5.91 Å². The fourth-order valence-corrected chi connectivity index (χ4v) is 5.55. The summed E-state index contributed by atoms with van der Waals surface area (Å²) in [6.45, 7) is 7.60. The van der Waals surface area contributed by atoms with Crippen LogP contribution in [0.5, 0.6) is 0 Å². The van der Waals surface area contributed by atoms with Gasteiger partial charge in [0.15, 0.2) is 0 Å². The van der Waals surface area contributed by atoms with E-state index in [4.69, 9.17) is 0 Å². The quantitative estimate of drug-likeness (QED) is 0.0875. The summed E-state index contributed by atoms with van der Waals surface area (Å²) in [5, 5.41) is 3.05. The molecule has 0 unspecified atom stereocenters. The minimum Gasteiger partial charge on any atom is -0.355 e. The lowest BCUT2D eigenvalue weighted by atomic mass is 10.0. The lowest BCUT2D eigenvalue weighted by Crippen LogP contribution is -2.41. The second kappa shape index (κ2) is 23.3. The van der Waals surface area contributed by atoms with Crippen LogP contribution >= 0.6 is 21.6 Å². The molecule has 0 aromatic rings. The number of rotatable bonds is 24. The van der Waals surface area contributed by atoms with Crippen LogP contribution in [0.3, 0.4) is 0 Å². The van der Waals surface area contributed by atoms with Crippen molar-refractivity contribution in [2.45, 2.75) is 117 Å². The predicted molar refractivity (Wildman–Crippen MR) is 145 cm³/mol. The van der Waals surface area contributed by atoms with Crippen LogP contribution in [0.15, 0.2) is 0 Å². The molecule has 0 rings (SSSR count). The van der Waals surface area contributed by atoms with Gasteiger partial charge in [-0.2, -0.15) is 0 Å². The number of nitrogens with one attached hydrogen (secondary N) is 1. The zero-order valence-electron chi connectivity index (χ0n) is 21.5. The second-order valence-corrected chi connectivity index (χ2v) is 12.5. The standard InChI is InChI=1S/C26H54N2OS2/c1-5-7-8-9-10-11-12-13-14-15-16-17-18-19-23-28(3,4)24-20-21-26(29)27-22-25-31-30-6-2/h5-25H2,1-4H3/p+1. The molecule has 0 aliphatic heterocycles. The Labute approximate surface area is 203 Å². The van der Waals surface area contributed by atoms with Crippen LogP contribution in [0.4, 0.5) is 0 Å². The Bertz CT molecular complexity index is 392. The number of hydrogen-bond donors (Lipinski definition) is 1. The fraction of sp³-hybridized carbons (Fsp3) is 0.962. The third kappa shape index (κ3) is 24.6. The molecular weight excluding hydrogens is 420 g/mol. The highest BCUT2D eigenvalue weighted by Gasteiger charge is 2.14. The summed E-state index contributed by atoms with van der Waals surface area (Å²) in [5.41, 5.74) is 0. The van der Waals surface area contributed by atoms with Crippen LogP contribution in [0, 0.1) is 0 Å². The number of quaternary nitrogens is 1. The molecule has 0 saturated heterocycles. The van der Waals surface area contributed by atoms with Gasteiger partial charge in [-0.1, -0.05) is 112 Å². The number of hydrogen-bond acceptors (Lipinski definition) is 3. The van der Waals surface area contributed by atoms with Crippen molar-refractivity contribution in [2.75, 3.05) is 45.2 Å². The molecule has 3 nitrogen and oxygen atoms in total. The maximum Gasteiger partial charge on any atom is 0.220 e. The SMILES string of the molecule is CCCCCCCCCCCCCCCC[N+](C)(C)CCCC(=O)NCCSSCC. The molecule has 0 aromatic heterocycles. The zero-order valence-corrected chi connectivity index (χ0v) is 23.2. The Balaban J connectivity index is 3.41. The van der Waals surface area contributed by atoms with E-state index >= 15 is 0 Å². The number of carbonyl (C=O) groups excluding carboxylic acids is 1. The summed E-state index contributed by atoms with van der Waals surface area (Å²) < 4.78 is 1.05. The lowest BCUT2D eigenvalue weighted by molar-refractivity contribution is -0.890. The normalized spacial score (nSPS) is 11.7. The molecule has 31 heavy (non-hydrogen) atoms. The van der Waals surface area contributed by atoms with E-state index < -0.39 is 0 Å². The molecule has 0 atom stereocenters. The third-order valence-electron chi connectivity index (χ3n) is 5.99. The zero-order chi connectivity index (χ0) is 23.0. The summed E-state index contributed by atoms with van der Waals surface area (Å²) in [6.07, 6.45) is 21.5. The highest BCUT2D eigenvalue weighted by Crippen LogP contribution is 2.19. The van der Waals surface area contributed by atoms with Crippen molar-refractivity contribution in [2.24, 2.45) is 0 Å². The van der Waals surface area contributed by atoms with Gasteiger partial charge < -0.3 is 9.80 Å². The van der Waals surface area contributed by atoms with Crippen LogP contribution in [0.1, 0.15) is 117 Å². The van der Waals surface area contributed by atoms with Gasteiger partial charge in [-0.25, -0.2) is 0 Å². The number of unbranched alkanes of at least 4 members (excludes halogenated alkanes) is 13. The first kappa shape index (κ1) is 31.1. The Morgan fingerprint density at radius 2 is 1.16 bits per heavy atom. The van der Waals surface area contributed by atoms with Crippen LogP contribution in [0.25, 0.3) is 0 Å². The third-order valence-corrected chi connectivity index (χ3v) is 8.47. The molecule has 0 radical (unpaired) electrons. The molecule has 0 fully saturated rings. The molecule has 0 heterocycles. The van der Waals surface area contributed by atoms with E-state index in [1.54, 1.807) is 0 Å². The van der Waals surface area contributed by atoms with Gasteiger partial charge in [0, 0.05) is 30.9 Å². The first-order chi connectivity index (χ1) is 15.0. The van der Waals surface area contributed by atoms with Crippen molar-refractivity contribution in [1.82, 2.24) is 5.32 Å². The van der Waals surface area contributed by atoms with E-state index in [1.165, 1.54) is 96.4 Å². The van der Waals surface area contributed by atoms with Gasteiger partial charge in [-0.05, 0) is 12.8 Å². The predicted octanol–water partition coefficient (Wildman–Crippen LogP) is 7.84. The van der Waals surface area contributed by atoms with Gasteiger partial charge in [-0.15, -0.1) is 0 Å². The number of carbonyl (C=O) groups is 1. The molecule has 1 N–H and O–H groups in total. The average Bonchev–Trinajstić information content (AvgIpc) is 2.73. The fourth-order valence-electron chi connectivity index (χ4n) is 3.98. The number of nitrogens with zero attached hydrogens (tertiary/aromatic N) is 1. The molecule has 1 amide bonds. The van der Waals surface area contributed by atoms with Crippen LogP contribution in [-0.2, 0) is 4.79 Å². The molecule has 0 aliphatic rings. The summed E-state index contributed by atoms with van der Waals surface area (Å²) >= 11 is 0. The summed E-state index contributed by atoms with van der Waals surface area (Å²) in [6, 6.07) is 0. The second-order valence-electron chi connectivity index (χ2n) is 9.66. The minimum atomic E-state index is 0.221. The van der Waals surface area contributed by atoms with Gasteiger partial charge in [-0.3, -0.25) is 4.79 Å². The van der Waals surface area contributed by atoms with Gasteiger partial charge in [0.25, 0.3) is 0 Å². The summed E-state index contributed by atoms with van der Waals surface area (Å²) in [5.74, 6) is 2.36. The van der Waals surface area contributed by atoms with Crippen molar-refractivity contribution in [3.8, 4) is 0 Å². The monoisotopic (exact) mass is 475 g/mol. The van der Waals surface area contributed by atoms with E-state index in [2.05, 4.69) is 33.3 Å². The smallest absolute Gasteiger partial charge is 0.220 e. The molecule has 186 valence electrons. The summed E-state index contributed by atoms with van der Waals surface area (Å²) in [7, 11) is 8.35. The van der Waals surface area contributed by atoms with E-state index in [0.29, 0.717) is 6.42 Å². The molecule has 0 bridgehead atoms. The first-order valence-corrected chi connectivity index (χ1v) is 15.8. The maximum absolute atomic E-state index is 11.9. The van der Waals surface area contributed by atoms with Crippen molar-refractivity contribution >= 4 is 27.5 Å². The Morgan fingerprint density at radius 1 is 0.677 bits per heavy atom. The molecule has 0 spiro atoms. The summed E-state index contributed by atoms with van der Waals surface area (Å²) in [4.78, 5) is 11.9. The van der Waals surface area contributed by atoms with E-state index in [0.717, 1.165) is 35.5 Å². The number of amides is 1. The van der Waals surface area contributed by atoms with Crippen molar-refractivity contribution in [3.05, 3.63) is 0 Å². The van der Waals surface area contributed by atoms with Crippen LogP contribution in [-0.4, -0.2) is 55.6 Å². The molecule has 0 aromatic carbocycles. The minimum absolute atomic E-state index is 0.221. The van der Waals surface area contributed by atoms with Crippen molar-refractivity contribution in [1.29, 1.82) is 0 Å². The Kier molecular flexibility index (Phi) is 23.4. The largest absolute Gasteiger partial charge is 0.355 e. The molecule has 5 heteroatoms. The highest BCUT2D eigenvalue weighted by molar-refractivity contribution is 8.76. The first-order valence-electron chi connectivity index (χ1n) is 13.3. The van der Waals surface area contributed by atoms with Gasteiger partial charge in [0.05, 0.1) is 27.2 Å². The molecular formula is C26H55N2OS2+. The maximum atomic E-state index is 11.9. The van der Waals surface area contributed by atoms with Crippen molar-refractivity contribution < 1.29 is 9.28 Å². The van der Waals surface area contributed by atoms with Crippen LogP contribution in [0.2, 0.25) is 0 Å². The van der Waals surface area contributed by atoms with Gasteiger partial charge >= 0.3 is 0 Å².